The molecule has 96 valence electrons. The molecule has 0 aliphatic carbocycles. The number of carbonyl (C=O) groups excluding carboxylic acids is 1. The van der Waals surface area contributed by atoms with Crippen LogP contribution in [0.3, 0.4) is 0 Å². The maximum Gasteiger partial charge on any atom is 0.240 e. The summed E-state index contributed by atoms with van der Waals surface area (Å²) in [6, 6.07) is 3.12. The normalized spacial score (nSPS) is 13.5. The van der Waals surface area contributed by atoms with Gasteiger partial charge in [0.25, 0.3) is 0 Å². The number of hydrogen-bond acceptors (Lipinski definition) is 3. The van der Waals surface area contributed by atoms with Crippen molar-refractivity contribution in [1.82, 2.24) is 4.90 Å². The van der Waals surface area contributed by atoms with Crippen LogP contribution in [0.1, 0.15) is 26.5 Å². The molecule has 0 aliphatic heterocycles. The fraction of sp³-hybridized carbons (Fsp3) is 0.583. The van der Waals surface area contributed by atoms with Gasteiger partial charge >= 0.3 is 0 Å². The van der Waals surface area contributed by atoms with Gasteiger partial charge in [-0.25, -0.2) is 0 Å². The molecular weight excluding hydrogens is 284 g/mol. The Bertz CT molecular complexity index is 395. The Balaban J connectivity index is 2.65. The molecule has 0 aliphatic rings. The number of nitrogens with two attached hydrogens (primary N) is 1. The fourth-order valence-corrected chi connectivity index (χ4v) is 1.70. The van der Waals surface area contributed by atoms with E-state index in [4.69, 9.17) is 10.2 Å². The van der Waals surface area contributed by atoms with Crippen LogP contribution in [0.15, 0.2) is 21.2 Å². The summed E-state index contributed by atoms with van der Waals surface area (Å²) in [6.45, 7) is 6.28. The van der Waals surface area contributed by atoms with Crippen LogP contribution in [-0.2, 0) is 11.3 Å². The summed E-state index contributed by atoms with van der Waals surface area (Å²) in [5.41, 5.74) is 5.68. The molecule has 0 aromatic carbocycles. The van der Waals surface area contributed by atoms with Crippen molar-refractivity contribution in [2.75, 3.05) is 7.05 Å². The maximum atomic E-state index is 12.0. The zero-order valence-corrected chi connectivity index (χ0v) is 12.2. The molecule has 0 saturated heterocycles. The Labute approximate surface area is 110 Å². The van der Waals surface area contributed by atoms with Crippen molar-refractivity contribution in [2.45, 2.75) is 33.4 Å². The van der Waals surface area contributed by atoms with Gasteiger partial charge in [-0.2, -0.15) is 0 Å². The third kappa shape index (κ3) is 3.85. The molecule has 1 amide bonds. The van der Waals surface area contributed by atoms with Crippen molar-refractivity contribution in [3.63, 3.8) is 0 Å². The van der Waals surface area contributed by atoms with Gasteiger partial charge in [0.2, 0.25) is 5.91 Å². The molecule has 1 rings (SSSR count). The zero-order chi connectivity index (χ0) is 13.2. The standard InChI is InChI=1S/C12H19BrN2O2/c1-12(2,3)10(14)11(16)15(4)7-8-5-6-9(13)17-8/h5-6,10H,7,14H2,1-4H3/t10-/m0/s1. The van der Waals surface area contributed by atoms with E-state index >= 15 is 0 Å². The molecule has 1 atom stereocenters. The maximum absolute atomic E-state index is 12.0. The van der Waals surface area contributed by atoms with Crippen molar-refractivity contribution >= 4 is 21.8 Å². The molecule has 2 N–H and O–H groups in total. The Morgan fingerprint density at radius 3 is 2.53 bits per heavy atom. The lowest BCUT2D eigenvalue weighted by Gasteiger charge is -2.29. The Morgan fingerprint density at radius 1 is 1.53 bits per heavy atom. The van der Waals surface area contributed by atoms with E-state index in [-0.39, 0.29) is 11.3 Å². The number of likely N-dealkylation sites (N-methyl/N-ethyl adjacent to an activating group) is 1. The lowest BCUT2D eigenvalue weighted by Crippen LogP contribution is -2.48. The van der Waals surface area contributed by atoms with Gasteiger partial charge in [-0.3, -0.25) is 4.79 Å². The van der Waals surface area contributed by atoms with Crippen molar-refractivity contribution in [1.29, 1.82) is 0 Å². The SMILES string of the molecule is CN(Cc1ccc(Br)o1)C(=O)[C@H](N)C(C)(C)C. The van der Waals surface area contributed by atoms with Gasteiger partial charge in [0.15, 0.2) is 4.67 Å². The summed E-state index contributed by atoms with van der Waals surface area (Å²) in [5.74, 6) is 0.652. The van der Waals surface area contributed by atoms with Gasteiger partial charge < -0.3 is 15.1 Å². The molecule has 0 fully saturated rings. The van der Waals surface area contributed by atoms with E-state index < -0.39 is 6.04 Å². The average molecular weight is 303 g/mol. The summed E-state index contributed by atoms with van der Waals surface area (Å²) in [5, 5.41) is 0. The number of nitrogens with zero attached hydrogens (tertiary/aromatic N) is 1. The molecule has 4 nitrogen and oxygen atoms in total. The fourth-order valence-electron chi connectivity index (χ4n) is 1.36. The van der Waals surface area contributed by atoms with Crippen molar-refractivity contribution in [2.24, 2.45) is 11.1 Å². The molecule has 1 heterocycles. The highest BCUT2D eigenvalue weighted by Gasteiger charge is 2.29. The summed E-state index contributed by atoms with van der Waals surface area (Å²) >= 11 is 3.22. The topological polar surface area (TPSA) is 59.5 Å². The Kier molecular flexibility index (Phi) is 4.38. The average Bonchev–Trinajstić information content (AvgIpc) is 2.60. The van der Waals surface area contributed by atoms with E-state index in [2.05, 4.69) is 15.9 Å². The smallest absolute Gasteiger partial charge is 0.240 e. The molecule has 0 saturated carbocycles. The Morgan fingerprint density at radius 2 is 2.12 bits per heavy atom. The second-order valence-corrected chi connectivity index (χ2v) is 6.03. The number of furan rings is 1. The highest BCUT2D eigenvalue weighted by molar-refractivity contribution is 9.10. The van der Waals surface area contributed by atoms with Gasteiger partial charge in [-0.15, -0.1) is 0 Å². The van der Waals surface area contributed by atoms with E-state index in [9.17, 15) is 4.79 Å². The predicted octanol–water partition coefficient (Wildman–Crippen LogP) is 2.37. The van der Waals surface area contributed by atoms with Crippen LogP contribution in [0, 0.1) is 5.41 Å². The molecule has 1 aromatic heterocycles. The zero-order valence-electron chi connectivity index (χ0n) is 10.7. The first-order chi connectivity index (χ1) is 7.71. The molecule has 1 aromatic rings. The number of amides is 1. The number of carbonyl (C=O) groups is 1. The van der Waals surface area contributed by atoms with Crippen LogP contribution >= 0.6 is 15.9 Å². The van der Waals surface area contributed by atoms with Crippen LogP contribution in [-0.4, -0.2) is 23.9 Å². The van der Waals surface area contributed by atoms with Crippen LogP contribution in [0.5, 0.6) is 0 Å². The van der Waals surface area contributed by atoms with Crippen molar-refractivity contribution in [3.05, 3.63) is 22.6 Å². The first-order valence-electron chi connectivity index (χ1n) is 5.46. The quantitative estimate of drug-likeness (QED) is 0.932. The van der Waals surface area contributed by atoms with Gasteiger partial charge in [0.05, 0.1) is 12.6 Å². The second kappa shape index (κ2) is 5.23. The number of hydrogen-bond donors (Lipinski definition) is 1. The lowest BCUT2D eigenvalue weighted by molar-refractivity contribution is -0.134. The molecule has 0 bridgehead atoms. The van der Waals surface area contributed by atoms with E-state index in [1.807, 2.05) is 26.8 Å². The summed E-state index contributed by atoms with van der Waals surface area (Å²) in [7, 11) is 1.73. The molecule has 5 heteroatoms. The Hall–Kier alpha value is -0.810. The third-order valence-corrected chi connectivity index (χ3v) is 3.02. The first kappa shape index (κ1) is 14.3. The van der Waals surface area contributed by atoms with Crippen molar-refractivity contribution in [3.8, 4) is 0 Å². The molecule has 0 unspecified atom stereocenters. The largest absolute Gasteiger partial charge is 0.452 e. The van der Waals surface area contributed by atoms with Crippen LogP contribution < -0.4 is 5.73 Å². The minimum atomic E-state index is -0.508. The van der Waals surface area contributed by atoms with Gasteiger partial charge in [-0.1, -0.05) is 20.8 Å². The molecule has 0 radical (unpaired) electrons. The van der Waals surface area contributed by atoms with E-state index in [0.717, 1.165) is 5.76 Å². The van der Waals surface area contributed by atoms with Crippen LogP contribution in [0.2, 0.25) is 0 Å². The summed E-state index contributed by atoms with van der Waals surface area (Å²) in [6.07, 6.45) is 0. The molecular formula is C12H19BrN2O2. The summed E-state index contributed by atoms with van der Waals surface area (Å²) in [4.78, 5) is 13.6. The van der Waals surface area contributed by atoms with Crippen LogP contribution in [0.25, 0.3) is 0 Å². The second-order valence-electron chi connectivity index (χ2n) is 5.24. The minimum Gasteiger partial charge on any atom is -0.452 e. The van der Waals surface area contributed by atoms with Crippen LogP contribution in [0.4, 0.5) is 0 Å². The highest BCUT2D eigenvalue weighted by Crippen LogP contribution is 2.20. The molecule has 17 heavy (non-hydrogen) atoms. The number of rotatable bonds is 3. The van der Waals surface area contributed by atoms with E-state index in [0.29, 0.717) is 11.2 Å². The van der Waals surface area contributed by atoms with Crippen molar-refractivity contribution < 1.29 is 9.21 Å². The molecule has 0 spiro atoms. The predicted molar refractivity (Wildman–Crippen MR) is 70.3 cm³/mol. The van der Waals surface area contributed by atoms with Gasteiger partial charge in [0, 0.05) is 7.05 Å². The highest BCUT2D eigenvalue weighted by atomic mass is 79.9. The van der Waals surface area contributed by atoms with E-state index in [1.165, 1.54) is 0 Å². The number of halogens is 1. The lowest BCUT2D eigenvalue weighted by atomic mass is 9.86. The third-order valence-electron chi connectivity index (χ3n) is 2.60. The van der Waals surface area contributed by atoms with Gasteiger partial charge in [0.1, 0.15) is 5.76 Å². The van der Waals surface area contributed by atoms with E-state index in [1.54, 1.807) is 18.0 Å². The minimum absolute atomic E-state index is 0.0787. The first-order valence-corrected chi connectivity index (χ1v) is 6.26. The summed E-state index contributed by atoms with van der Waals surface area (Å²) < 4.78 is 6.01. The monoisotopic (exact) mass is 302 g/mol. The van der Waals surface area contributed by atoms with Gasteiger partial charge in [-0.05, 0) is 33.5 Å².